The van der Waals surface area contributed by atoms with Crippen molar-refractivity contribution in [2.45, 2.75) is 45.4 Å². The van der Waals surface area contributed by atoms with Crippen molar-refractivity contribution in [1.82, 2.24) is 5.32 Å². The highest BCUT2D eigenvalue weighted by atomic mass is 35.5. The van der Waals surface area contributed by atoms with Crippen LogP contribution in [-0.4, -0.2) is 13.1 Å². The number of benzene rings is 1. The summed E-state index contributed by atoms with van der Waals surface area (Å²) in [7, 11) is 0. The van der Waals surface area contributed by atoms with Gasteiger partial charge in [0.2, 0.25) is 0 Å². The van der Waals surface area contributed by atoms with Crippen LogP contribution in [0.25, 0.3) is 0 Å². The summed E-state index contributed by atoms with van der Waals surface area (Å²) in [6.07, 6.45) is 5.48. The molecule has 20 heavy (non-hydrogen) atoms. The van der Waals surface area contributed by atoms with Crippen LogP contribution in [0.5, 0.6) is 0 Å². The smallest absolute Gasteiger partial charge is 0.0408 e. The standard InChI is InChI=1S/C18H26ClN/c1-13-6-7-18(11-14(13)2)8-9-20-12-17(18)15-4-3-5-16(19)10-15/h3-5,10,13-14,17,20H,6-9,11-12H2,1-2H3. The van der Waals surface area contributed by atoms with Gasteiger partial charge in [0, 0.05) is 17.5 Å². The van der Waals surface area contributed by atoms with Gasteiger partial charge in [0.05, 0.1) is 0 Å². The van der Waals surface area contributed by atoms with Crippen LogP contribution in [0.15, 0.2) is 24.3 Å². The van der Waals surface area contributed by atoms with Gasteiger partial charge in [-0.25, -0.2) is 0 Å². The van der Waals surface area contributed by atoms with Crippen molar-refractivity contribution >= 4 is 11.6 Å². The zero-order chi connectivity index (χ0) is 14.2. The van der Waals surface area contributed by atoms with Gasteiger partial charge in [-0.1, -0.05) is 37.6 Å². The molecule has 4 unspecified atom stereocenters. The monoisotopic (exact) mass is 291 g/mol. The molecule has 0 bridgehead atoms. The molecule has 2 aliphatic rings. The molecule has 1 aliphatic carbocycles. The predicted octanol–water partition coefficient (Wildman–Crippen LogP) is 4.86. The van der Waals surface area contributed by atoms with E-state index in [2.05, 4.69) is 37.4 Å². The molecule has 2 heteroatoms. The Hall–Kier alpha value is -0.530. The van der Waals surface area contributed by atoms with Gasteiger partial charge in [0.25, 0.3) is 0 Å². The third kappa shape index (κ3) is 2.63. The van der Waals surface area contributed by atoms with Crippen molar-refractivity contribution in [2.24, 2.45) is 17.3 Å². The maximum atomic E-state index is 6.22. The van der Waals surface area contributed by atoms with Crippen LogP contribution >= 0.6 is 11.6 Å². The number of rotatable bonds is 1. The summed E-state index contributed by atoms with van der Waals surface area (Å²) in [5, 5.41) is 4.48. The molecule has 1 aliphatic heterocycles. The Morgan fingerprint density at radius 1 is 1.20 bits per heavy atom. The molecule has 0 aromatic heterocycles. The minimum atomic E-state index is 0.502. The second-order valence-electron chi connectivity index (χ2n) is 7.12. The molecular formula is C18H26ClN. The van der Waals surface area contributed by atoms with E-state index >= 15 is 0 Å². The highest BCUT2D eigenvalue weighted by molar-refractivity contribution is 6.30. The van der Waals surface area contributed by atoms with E-state index in [1.807, 2.05) is 6.07 Å². The lowest BCUT2D eigenvalue weighted by Gasteiger charge is -2.51. The first-order valence-electron chi connectivity index (χ1n) is 8.07. The van der Waals surface area contributed by atoms with E-state index in [0.29, 0.717) is 11.3 Å². The summed E-state index contributed by atoms with van der Waals surface area (Å²) in [4.78, 5) is 0. The van der Waals surface area contributed by atoms with Crippen molar-refractivity contribution in [3.05, 3.63) is 34.9 Å². The first kappa shape index (κ1) is 14.4. The normalized spacial score (nSPS) is 38.0. The van der Waals surface area contributed by atoms with Crippen LogP contribution in [0.3, 0.4) is 0 Å². The van der Waals surface area contributed by atoms with Gasteiger partial charge in [-0.3, -0.25) is 0 Å². The van der Waals surface area contributed by atoms with E-state index in [4.69, 9.17) is 11.6 Å². The summed E-state index contributed by atoms with van der Waals surface area (Å²) in [5.41, 5.74) is 1.94. The van der Waals surface area contributed by atoms with Crippen LogP contribution in [-0.2, 0) is 0 Å². The van der Waals surface area contributed by atoms with Crippen molar-refractivity contribution in [3.63, 3.8) is 0 Å². The van der Waals surface area contributed by atoms with Gasteiger partial charge in [-0.15, -0.1) is 0 Å². The lowest BCUT2D eigenvalue weighted by Crippen LogP contribution is -2.47. The largest absolute Gasteiger partial charge is 0.316 e. The molecule has 110 valence electrons. The number of hydrogen-bond acceptors (Lipinski definition) is 1. The third-order valence-electron chi connectivity index (χ3n) is 5.94. The van der Waals surface area contributed by atoms with Crippen molar-refractivity contribution in [2.75, 3.05) is 13.1 Å². The van der Waals surface area contributed by atoms with Crippen LogP contribution in [0.2, 0.25) is 5.02 Å². The average Bonchev–Trinajstić information content (AvgIpc) is 2.44. The molecule has 3 rings (SSSR count). The van der Waals surface area contributed by atoms with E-state index in [0.717, 1.165) is 23.4 Å². The van der Waals surface area contributed by atoms with E-state index in [9.17, 15) is 0 Å². The minimum absolute atomic E-state index is 0.502. The molecule has 1 nitrogen and oxygen atoms in total. The molecule has 1 aromatic carbocycles. The van der Waals surface area contributed by atoms with Crippen molar-refractivity contribution in [3.8, 4) is 0 Å². The third-order valence-corrected chi connectivity index (χ3v) is 6.17. The van der Waals surface area contributed by atoms with E-state index in [1.54, 1.807) is 0 Å². The number of nitrogens with one attached hydrogen (secondary N) is 1. The Labute approximate surface area is 128 Å². The number of hydrogen-bond donors (Lipinski definition) is 1. The highest BCUT2D eigenvalue weighted by Gasteiger charge is 2.45. The Morgan fingerprint density at radius 2 is 2.05 bits per heavy atom. The van der Waals surface area contributed by atoms with Crippen LogP contribution in [0.1, 0.15) is 51.0 Å². The van der Waals surface area contributed by atoms with E-state index in [1.165, 1.54) is 37.8 Å². The fourth-order valence-corrected chi connectivity index (χ4v) is 4.66. The van der Waals surface area contributed by atoms with Crippen molar-refractivity contribution < 1.29 is 0 Å². The lowest BCUT2D eigenvalue weighted by molar-refractivity contribution is 0.0488. The molecule has 1 heterocycles. The average molecular weight is 292 g/mol. The Balaban J connectivity index is 1.91. The summed E-state index contributed by atoms with van der Waals surface area (Å²) >= 11 is 6.22. The zero-order valence-corrected chi connectivity index (χ0v) is 13.4. The van der Waals surface area contributed by atoms with Crippen LogP contribution in [0.4, 0.5) is 0 Å². The molecule has 1 aromatic rings. The van der Waals surface area contributed by atoms with Gasteiger partial charge in [0.15, 0.2) is 0 Å². The van der Waals surface area contributed by atoms with Crippen LogP contribution < -0.4 is 5.32 Å². The van der Waals surface area contributed by atoms with Crippen molar-refractivity contribution in [1.29, 1.82) is 0 Å². The van der Waals surface area contributed by atoms with E-state index < -0.39 is 0 Å². The second-order valence-corrected chi connectivity index (χ2v) is 7.56. The lowest BCUT2D eigenvalue weighted by atomic mass is 9.56. The van der Waals surface area contributed by atoms with Gasteiger partial charge in [-0.2, -0.15) is 0 Å². The molecule has 1 saturated carbocycles. The van der Waals surface area contributed by atoms with Gasteiger partial charge in [-0.05, 0) is 67.2 Å². The first-order valence-corrected chi connectivity index (χ1v) is 8.45. The van der Waals surface area contributed by atoms with Gasteiger partial charge in [0.1, 0.15) is 0 Å². The SMILES string of the molecule is CC1CCC2(CCNCC2c2cccc(Cl)c2)CC1C. The Morgan fingerprint density at radius 3 is 2.80 bits per heavy atom. The molecule has 4 atom stereocenters. The maximum Gasteiger partial charge on any atom is 0.0408 e. The summed E-state index contributed by atoms with van der Waals surface area (Å²) < 4.78 is 0. The molecular weight excluding hydrogens is 266 g/mol. The molecule has 1 saturated heterocycles. The topological polar surface area (TPSA) is 12.0 Å². The summed E-state index contributed by atoms with van der Waals surface area (Å²) in [5.74, 6) is 2.36. The number of piperidine rings is 1. The maximum absolute atomic E-state index is 6.22. The minimum Gasteiger partial charge on any atom is -0.316 e. The fraction of sp³-hybridized carbons (Fsp3) is 0.667. The quantitative estimate of drug-likeness (QED) is 0.779. The predicted molar refractivity (Wildman–Crippen MR) is 86.3 cm³/mol. The Bertz CT molecular complexity index is 472. The molecule has 1 N–H and O–H groups in total. The molecule has 2 fully saturated rings. The van der Waals surface area contributed by atoms with Crippen LogP contribution in [0, 0.1) is 17.3 Å². The fourth-order valence-electron chi connectivity index (χ4n) is 4.46. The summed E-state index contributed by atoms with van der Waals surface area (Å²) in [6, 6.07) is 8.55. The Kier molecular flexibility index (Phi) is 4.10. The highest BCUT2D eigenvalue weighted by Crippen LogP contribution is 2.53. The molecule has 0 radical (unpaired) electrons. The first-order chi connectivity index (χ1) is 9.61. The molecule has 1 spiro atoms. The van der Waals surface area contributed by atoms with Gasteiger partial charge >= 0.3 is 0 Å². The van der Waals surface area contributed by atoms with E-state index in [-0.39, 0.29) is 0 Å². The zero-order valence-electron chi connectivity index (χ0n) is 12.7. The molecule has 0 amide bonds. The van der Waals surface area contributed by atoms with Gasteiger partial charge < -0.3 is 5.32 Å². The number of halogens is 1. The summed E-state index contributed by atoms with van der Waals surface area (Å²) in [6.45, 7) is 7.16. The second kappa shape index (κ2) is 5.69.